The van der Waals surface area contributed by atoms with Crippen LogP contribution in [0.3, 0.4) is 0 Å². The molecule has 1 saturated carbocycles. The van der Waals surface area contributed by atoms with Gasteiger partial charge in [0.15, 0.2) is 0 Å². The SMILES string of the molecule is c1ccc(P(c2ccccc2)c2ccccc2CC2CCCC2)cc1. The van der Waals surface area contributed by atoms with Crippen molar-refractivity contribution >= 4 is 23.8 Å². The van der Waals surface area contributed by atoms with Gasteiger partial charge >= 0.3 is 0 Å². The molecule has 0 bridgehead atoms. The van der Waals surface area contributed by atoms with E-state index >= 15 is 0 Å². The number of hydrogen-bond donors (Lipinski definition) is 0. The minimum absolute atomic E-state index is 0.487. The van der Waals surface area contributed by atoms with E-state index in [9.17, 15) is 0 Å². The van der Waals surface area contributed by atoms with Crippen LogP contribution in [0.2, 0.25) is 0 Å². The van der Waals surface area contributed by atoms with Crippen molar-refractivity contribution < 1.29 is 0 Å². The highest BCUT2D eigenvalue weighted by atomic mass is 31.1. The van der Waals surface area contributed by atoms with Crippen molar-refractivity contribution in [3.8, 4) is 0 Å². The Bertz CT molecular complexity index is 749. The number of rotatable bonds is 5. The first-order chi connectivity index (χ1) is 12.4. The summed E-state index contributed by atoms with van der Waals surface area (Å²) in [6.07, 6.45) is 6.89. The van der Waals surface area contributed by atoms with E-state index in [1.54, 1.807) is 10.9 Å². The Morgan fingerprint density at radius 1 is 0.640 bits per heavy atom. The molecule has 0 spiro atoms. The highest BCUT2D eigenvalue weighted by Crippen LogP contribution is 2.36. The molecular weight excluding hydrogens is 319 g/mol. The molecule has 0 atom stereocenters. The smallest absolute Gasteiger partial charge is 0.0119 e. The number of benzene rings is 3. The van der Waals surface area contributed by atoms with Crippen LogP contribution in [0, 0.1) is 5.92 Å². The molecule has 0 N–H and O–H groups in total. The molecule has 3 aromatic rings. The molecule has 0 unspecified atom stereocenters. The van der Waals surface area contributed by atoms with Crippen molar-refractivity contribution in [1.29, 1.82) is 0 Å². The minimum Gasteiger partial charge on any atom is -0.0622 e. The van der Waals surface area contributed by atoms with Gasteiger partial charge in [0.1, 0.15) is 0 Å². The fourth-order valence-electron chi connectivity index (χ4n) is 4.01. The van der Waals surface area contributed by atoms with Crippen molar-refractivity contribution in [3.63, 3.8) is 0 Å². The lowest BCUT2D eigenvalue weighted by Gasteiger charge is -2.23. The van der Waals surface area contributed by atoms with Gasteiger partial charge in [-0.15, -0.1) is 0 Å². The molecule has 0 radical (unpaired) electrons. The van der Waals surface area contributed by atoms with Crippen molar-refractivity contribution in [2.24, 2.45) is 5.92 Å². The van der Waals surface area contributed by atoms with Crippen molar-refractivity contribution in [2.75, 3.05) is 0 Å². The summed E-state index contributed by atoms with van der Waals surface area (Å²) >= 11 is 0. The third kappa shape index (κ3) is 3.86. The van der Waals surface area contributed by atoms with Gasteiger partial charge in [-0.2, -0.15) is 0 Å². The molecule has 25 heavy (non-hydrogen) atoms. The van der Waals surface area contributed by atoms with Crippen LogP contribution in [0.1, 0.15) is 31.2 Å². The van der Waals surface area contributed by atoms with Crippen LogP contribution in [0.5, 0.6) is 0 Å². The highest BCUT2D eigenvalue weighted by molar-refractivity contribution is 7.79. The molecule has 1 heteroatoms. The van der Waals surface area contributed by atoms with Gasteiger partial charge in [0.2, 0.25) is 0 Å². The average Bonchev–Trinajstić information content (AvgIpc) is 3.18. The molecule has 126 valence electrons. The Balaban J connectivity index is 1.77. The maximum absolute atomic E-state index is 2.37. The van der Waals surface area contributed by atoms with Crippen LogP contribution in [0.25, 0.3) is 0 Å². The first-order valence-electron chi connectivity index (χ1n) is 9.40. The van der Waals surface area contributed by atoms with Crippen LogP contribution in [-0.2, 0) is 6.42 Å². The minimum atomic E-state index is -0.487. The predicted octanol–water partition coefficient (Wildman–Crippen LogP) is 5.18. The van der Waals surface area contributed by atoms with Crippen LogP contribution < -0.4 is 15.9 Å². The third-order valence-electron chi connectivity index (χ3n) is 5.24. The van der Waals surface area contributed by atoms with Gasteiger partial charge in [-0.25, -0.2) is 0 Å². The van der Waals surface area contributed by atoms with Crippen LogP contribution in [0.15, 0.2) is 84.9 Å². The van der Waals surface area contributed by atoms with Gasteiger partial charge in [-0.3, -0.25) is 0 Å². The van der Waals surface area contributed by atoms with Crippen molar-refractivity contribution in [1.82, 2.24) is 0 Å². The van der Waals surface area contributed by atoms with Crippen LogP contribution in [0.4, 0.5) is 0 Å². The van der Waals surface area contributed by atoms with E-state index in [-0.39, 0.29) is 0 Å². The molecule has 3 aromatic carbocycles. The van der Waals surface area contributed by atoms with E-state index < -0.39 is 7.92 Å². The Hall–Kier alpha value is -1.91. The van der Waals surface area contributed by atoms with Crippen molar-refractivity contribution in [2.45, 2.75) is 32.1 Å². The Morgan fingerprint density at radius 3 is 1.76 bits per heavy atom. The summed E-state index contributed by atoms with van der Waals surface area (Å²) in [6.45, 7) is 0. The lowest BCUT2D eigenvalue weighted by atomic mass is 9.98. The third-order valence-corrected chi connectivity index (χ3v) is 7.79. The molecule has 0 saturated heterocycles. The summed E-state index contributed by atoms with van der Waals surface area (Å²) < 4.78 is 0. The second kappa shape index (κ2) is 7.98. The molecule has 1 aliphatic rings. The van der Waals surface area contributed by atoms with E-state index in [4.69, 9.17) is 0 Å². The highest BCUT2D eigenvalue weighted by Gasteiger charge is 2.22. The monoisotopic (exact) mass is 344 g/mol. The van der Waals surface area contributed by atoms with E-state index in [0.717, 1.165) is 5.92 Å². The molecule has 4 rings (SSSR count). The Kier molecular flexibility index (Phi) is 5.28. The standard InChI is InChI=1S/C24H25P/c1-3-14-22(15-4-1)25(23-16-5-2-6-17-23)24-18-10-9-13-21(24)19-20-11-7-8-12-20/h1-6,9-10,13-18,20H,7-8,11-12,19H2. The van der Waals surface area contributed by atoms with Gasteiger partial charge in [-0.05, 0) is 41.7 Å². The predicted molar refractivity (Wildman–Crippen MR) is 111 cm³/mol. The van der Waals surface area contributed by atoms with Gasteiger partial charge in [0.05, 0.1) is 0 Å². The Morgan fingerprint density at radius 2 is 1.16 bits per heavy atom. The van der Waals surface area contributed by atoms with Gasteiger partial charge < -0.3 is 0 Å². The maximum atomic E-state index is 2.37. The molecule has 1 aliphatic carbocycles. The van der Waals surface area contributed by atoms with E-state index in [2.05, 4.69) is 84.9 Å². The summed E-state index contributed by atoms with van der Waals surface area (Å²) in [5, 5.41) is 4.44. The normalized spacial score (nSPS) is 14.9. The summed E-state index contributed by atoms with van der Waals surface area (Å²) in [7, 11) is -0.487. The summed E-state index contributed by atoms with van der Waals surface area (Å²) in [4.78, 5) is 0. The second-order valence-electron chi connectivity index (χ2n) is 6.99. The average molecular weight is 344 g/mol. The molecular formula is C24H25P. The topological polar surface area (TPSA) is 0 Å². The zero-order valence-corrected chi connectivity index (χ0v) is 15.5. The van der Waals surface area contributed by atoms with E-state index in [0.29, 0.717) is 0 Å². The maximum Gasteiger partial charge on any atom is -0.0119 e. The lowest BCUT2D eigenvalue weighted by Crippen LogP contribution is -2.24. The molecule has 0 aromatic heterocycles. The van der Waals surface area contributed by atoms with Crippen molar-refractivity contribution in [3.05, 3.63) is 90.5 Å². The van der Waals surface area contributed by atoms with Crippen LogP contribution in [-0.4, -0.2) is 0 Å². The van der Waals surface area contributed by atoms with Crippen LogP contribution >= 0.6 is 7.92 Å². The second-order valence-corrected chi connectivity index (χ2v) is 9.18. The largest absolute Gasteiger partial charge is 0.0622 e. The van der Waals surface area contributed by atoms with Gasteiger partial charge in [0.25, 0.3) is 0 Å². The molecule has 0 nitrogen and oxygen atoms in total. The fourth-order valence-corrected chi connectivity index (χ4v) is 6.49. The first-order valence-corrected chi connectivity index (χ1v) is 10.7. The van der Waals surface area contributed by atoms with E-state index in [1.165, 1.54) is 42.7 Å². The van der Waals surface area contributed by atoms with E-state index in [1.807, 2.05) is 0 Å². The first kappa shape index (κ1) is 16.6. The summed E-state index contributed by atoms with van der Waals surface area (Å²) in [5.41, 5.74) is 1.56. The van der Waals surface area contributed by atoms with Gasteiger partial charge in [0, 0.05) is 0 Å². The molecule has 0 heterocycles. The lowest BCUT2D eigenvalue weighted by molar-refractivity contribution is 0.548. The van der Waals surface area contributed by atoms with Gasteiger partial charge in [-0.1, -0.05) is 111 Å². The summed E-state index contributed by atoms with van der Waals surface area (Å²) in [6, 6.07) is 31.3. The zero-order chi connectivity index (χ0) is 16.9. The fraction of sp³-hybridized carbons (Fsp3) is 0.250. The summed E-state index contributed by atoms with van der Waals surface area (Å²) in [5.74, 6) is 0.879. The quantitative estimate of drug-likeness (QED) is 0.560. The number of hydrogen-bond acceptors (Lipinski definition) is 0. The molecule has 0 amide bonds. The molecule has 0 aliphatic heterocycles. The zero-order valence-electron chi connectivity index (χ0n) is 14.6. The molecule has 1 fully saturated rings. The Labute approximate surface area is 152 Å².